The quantitative estimate of drug-likeness (QED) is 0.623. The number of nitrogens with one attached hydrogen (secondary N) is 1. The molecule has 1 unspecified atom stereocenters. The van der Waals surface area contributed by atoms with Gasteiger partial charge in [-0.3, -0.25) is 0 Å². The van der Waals surface area contributed by atoms with Crippen LogP contribution in [0.5, 0.6) is 0 Å². The van der Waals surface area contributed by atoms with Crippen molar-refractivity contribution in [3.05, 3.63) is 66.0 Å². The zero-order chi connectivity index (χ0) is 20.4. The van der Waals surface area contributed by atoms with Gasteiger partial charge in [0.2, 0.25) is 0 Å². The summed E-state index contributed by atoms with van der Waals surface area (Å²) < 4.78 is 13.4. The number of nitrogens with zero attached hydrogens (tertiary/aromatic N) is 2. The molecular weight excluding hydrogens is 353 g/mol. The van der Waals surface area contributed by atoms with Crippen molar-refractivity contribution in [1.82, 2.24) is 9.80 Å². The highest BCUT2D eigenvalue weighted by Gasteiger charge is 2.21. The summed E-state index contributed by atoms with van der Waals surface area (Å²) in [6, 6.07) is 16.5. The van der Waals surface area contributed by atoms with Crippen LogP contribution in [0.3, 0.4) is 0 Å². The summed E-state index contributed by atoms with van der Waals surface area (Å²) >= 11 is 0. The maximum absolute atomic E-state index is 13.4. The number of rotatable bonds is 10. The predicted octanol–water partition coefficient (Wildman–Crippen LogP) is 5.02. The maximum atomic E-state index is 13.4. The van der Waals surface area contributed by atoms with E-state index in [2.05, 4.69) is 48.5 Å². The van der Waals surface area contributed by atoms with Crippen molar-refractivity contribution in [3.63, 3.8) is 0 Å². The second-order valence-corrected chi connectivity index (χ2v) is 7.12. The lowest BCUT2D eigenvalue weighted by molar-refractivity contribution is 0.177. The van der Waals surface area contributed by atoms with E-state index in [1.165, 1.54) is 17.7 Å². The Morgan fingerprint density at radius 2 is 1.82 bits per heavy atom. The summed E-state index contributed by atoms with van der Waals surface area (Å²) in [7, 11) is 2.12. The zero-order valence-electron chi connectivity index (χ0n) is 17.2. The molecule has 2 aromatic rings. The summed E-state index contributed by atoms with van der Waals surface area (Å²) in [5, 5.41) is 2.82. The number of carbonyl (C=O) groups is 1. The van der Waals surface area contributed by atoms with E-state index in [0.717, 1.165) is 32.4 Å². The smallest absolute Gasteiger partial charge is 0.322 e. The number of hydrogen-bond acceptors (Lipinski definition) is 2. The van der Waals surface area contributed by atoms with Crippen molar-refractivity contribution in [2.75, 3.05) is 32.0 Å². The topological polar surface area (TPSA) is 35.6 Å². The Bertz CT molecular complexity index is 723. The van der Waals surface area contributed by atoms with E-state index in [1.807, 2.05) is 17.9 Å². The summed E-state index contributed by atoms with van der Waals surface area (Å²) in [6.45, 7) is 6.62. The molecule has 0 radical (unpaired) electrons. The fraction of sp³-hybridized carbons (Fsp3) is 0.435. The third-order valence-corrected chi connectivity index (χ3v) is 5.06. The summed E-state index contributed by atoms with van der Waals surface area (Å²) in [6.07, 6.45) is 2.81. The monoisotopic (exact) mass is 385 g/mol. The van der Waals surface area contributed by atoms with E-state index in [9.17, 15) is 9.18 Å². The van der Waals surface area contributed by atoms with Gasteiger partial charge in [0, 0.05) is 24.8 Å². The minimum atomic E-state index is -0.354. The molecule has 0 bridgehead atoms. The molecule has 0 spiro atoms. The number of urea groups is 1. The standard InChI is InChI=1S/C23H32FN3O/c1-4-22(15-17-26(3)16-14-19-10-7-6-8-11-19)27(5-2)23(28)25-21-13-9-12-20(24)18-21/h6-13,18,22H,4-5,14-17H2,1-3H3,(H,25,28). The third-order valence-electron chi connectivity index (χ3n) is 5.06. The van der Waals surface area contributed by atoms with Gasteiger partial charge in [0.1, 0.15) is 5.82 Å². The molecule has 1 atom stereocenters. The zero-order valence-corrected chi connectivity index (χ0v) is 17.2. The number of amides is 2. The first-order valence-corrected chi connectivity index (χ1v) is 10.1. The van der Waals surface area contributed by atoms with E-state index in [-0.39, 0.29) is 17.9 Å². The third kappa shape index (κ3) is 6.97. The van der Waals surface area contributed by atoms with E-state index in [1.54, 1.807) is 12.1 Å². The normalized spacial score (nSPS) is 12.0. The molecule has 0 aromatic heterocycles. The van der Waals surface area contributed by atoms with Crippen molar-refractivity contribution < 1.29 is 9.18 Å². The van der Waals surface area contributed by atoms with Crippen LogP contribution in [0.25, 0.3) is 0 Å². The first kappa shape index (κ1) is 21.9. The van der Waals surface area contributed by atoms with E-state index < -0.39 is 0 Å². The largest absolute Gasteiger partial charge is 0.322 e. The molecule has 0 fully saturated rings. The van der Waals surface area contributed by atoms with Gasteiger partial charge < -0.3 is 15.1 Å². The van der Waals surface area contributed by atoms with Gasteiger partial charge in [-0.15, -0.1) is 0 Å². The van der Waals surface area contributed by atoms with Crippen LogP contribution in [0, 0.1) is 5.82 Å². The average molecular weight is 386 g/mol. The molecule has 0 heterocycles. The van der Waals surface area contributed by atoms with Gasteiger partial charge in [0.25, 0.3) is 0 Å². The highest BCUT2D eigenvalue weighted by atomic mass is 19.1. The van der Waals surface area contributed by atoms with Gasteiger partial charge in [-0.25, -0.2) is 9.18 Å². The molecule has 1 N–H and O–H groups in total. The van der Waals surface area contributed by atoms with E-state index in [0.29, 0.717) is 12.2 Å². The lowest BCUT2D eigenvalue weighted by Gasteiger charge is -2.31. The van der Waals surface area contributed by atoms with Crippen molar-refractivity contribution in [2.45, 2.75) is 39.2 Å². The second kappa shape index (κ2) is 11.4. The number of halogens is 1. The Morgan fingerprint density at radius 1 is 1.07 bits per heavy atom. The molecule has 2 rings (SSSR count). The van der Waals surface area contributed by atoms with Gasteiger partial charge in [0.05, 0.1) is 0 Å². The van der Waals surface area contributed by atoms with Gasteiger partial charge in [-0.1, -0.05) is 43.3 Å². The van der Waals surface area contributed by atoms with E-state index >= 15 is 0 Å². The Hall–Kier alpha value is -2.40. The molecular formula is C23H32FN3O. The average Bonchev–Trinajstić information content (AvgIpc) is 2.70. The van der Waals surface area contributed by atoms with Gasteiger partial charge in [-0.2, -0.15) is 0 Å². The minimum Gasteiger partial charge on any atom is -0.322 e. The van der Waals surface area contributed by atoms with E-state index in [4.69, 9.17) is 0 Å². The Morgan fingerprint density at radius 3 is 2.46 bits per heavy atom. The van der Waals surface area contributed by atoms with Crippen LogP contribution in [0.4, 0.5) is 14.9 Å². The van der Waals surface area contributed by atoms with Crippen LogP contribution in [-0.2, 0) is 6.42 Å². The van der Waals surface area contributed by atoms with Crippen molar-refractivity contribution in [2.24, 2.45) is 0 Å². The Balaban J connectivity index is 1.85. The van der Waals surface area contributed by atoms with Crippen LogP contribution in [0.15, 0.2) is 54.6 Å². The summed E-state index contributed by atoms with van der Waals surface area (Å²) in [4.78, 5) is 16.8. The molecule has 0 aliphatic carbocycles. The predicted molar refractivity (Wildman–Crippen MR) is 114 cm³/mol. The number of likely N-dealkylation sites (N-methyl/N-ethyl adjacent to an activating group) is 1. The van der Waals surface area contributed by atoms with Crippen LogP contribution in [0.1, 0.15) is 32.3 Å². The maximum Gasteiger partial charge on any atom is 0.322 e. The molecule has 28 heavy (non-hydrogen) atoms. The SMILES string of the molecule is CCC(CCN(C)CCc1ccccc1)N(CC)C(=O)Nc1cccc(F)c1. The van der Waals surface area contributed by atoms with Crippen molar-refractivity contribution in [3.8, 4) is 0 Å². The molecule has 0 aliphatic heterocycles. The number of hydrogen-bond donors (Lipinski definition) is 1. The molecule has 4 nitrogen and oxygen atoms in total. The van der Waals surface area contributed by atoms with Crippen LogP contribution in [-0.4, -0.2) is 48.6 Å². The lowest BCUT2D eigenvalue weighted by Crippen LogP contribution is -2.44. The lowest BCUT2D eigenvalue weighted by atomic mass is 10.1. The fourth-order valence-electron chi connectivity index (χ4n) is 3.36. The van der Waals surface area contributed by atoms with Gasteiger partial charge in [0.15, 0.2) is 0 Å². The first-order valence-electron chi connectivity index (χ1n) is 10.1. The van der Waals surface area contributed by atoms with Crippen molar-refractivity contribution in [1.29, 1.82) is 0 Å². The van der Waals surface area contributed by atoms with Crippen LogP contribution < -0.4 is 5.32 Å². The minimum absolute atomic E-state index is 0.151. The molecule has 5 heteroatoms. The highest BCUT2D eigenvalue weighted by Crippen LogP contribution is 2.14. The number of anilines is 1. The second-order valence-electron chi connectivity index (χ2n) is 7.12. The molecule has 2 aromatic carbocycles. The molecule has 2 amide bonds. The fourth-order valence-corrected chi connectivity index (χ4v) is 3.36. The molecule has 0 aliphatic rings. The Kier molecular flexibility index (Phi) is 8.95. The van der Waals surface area contributed by atoms with Crippen LogP contribution >= 0.6 is 0 Å². The van der Waals surface area contributed by atoms with Gasteiger partial charge >= 0.3 is 6.03 Å². The van der Waals surface area contributed by atoms with Crippen molar-refractivity contribution >= 4 is 11.7 Å². The first-order chi connectivity index (χ1) is 13.5. The number of benzene rings is 2. The number of carbonyl (C=O) groups excluding carboxylic acids is 1. The Labute approximate surface area is 168 Å². The summed E-state index contributed by atoms with van der Waals surface area (Å²) in [5.41, 5.74) is 1.82. The molecule has 0 saturated carbocycles. The molecule has 152 valence electrons. The molecule has 0 saturated heterocycles. The van der Waals surface area contributed by atoms with Gasteiger partial charge in [-0.05, 0) is 63.5 Å². The summed E-state index contributed by atoms with van der Waals surface area (Å²) in [5.74, 6) is -0.354. The highest BCUT2D eigenvalue weighted by molar-refractivity contribution is 5.89. The van der Waals surface area contributed by atoms with Crippen LogP contribution in [0.2, 0.25) is 0 Å².